The van der Waals surface area contributed by atoms with Gasteiger partial charge in [-0.1, -0.05) is 23.4 Å². The Hall–Kier alpha value is -0.740. The van der Waals surface area contributed by atoms with Gasteiger partial charge in [0.2, 0.25) is 0 Å². The molecule has 2 nitrogen and oxygen atoms in total. The lowest BCUT2D eigenvalue weighted by molar-refractivity contribution is 0.630. The van der Waals surface area contributed by atoms with Crippen LogP contribution in [0.3, 0.4) is 0 Å². The van der Waals surface area contributed by atoms with Gasteiger partial charge in [0.05, 0.1) is 16.1 Å². The summed E-state index contributed by atoms with van der Waals surface area (Å²) in [6.45, 7) is 0. The van der Waals surface area contributed by atoms with Gasteiger partial charge in [-0.3, -0.25) is 0 Å². The molecule has 13 heavy (non-hydrogen) atoms. The molecule has 0 bridgehead atoms. The zero-order valence-electron chi connectivity index (χ0n) is 6.77. The monoisotopic (exact) mass is 216 g/mol. The molecule has 0 saturated heterocycles. The fourth-order valence-electron chi connectivity index (χ4n) is 1.08. The Kier molecular flexibility index (Phi) is 2.17. The van der Waals surface area contributed by atoms with Crippen molar-refractivity contribution in [1.82, 2.24) is 9.97 Å². The molecule has 1 aromatic heterocycles. The average molecular weight is 217 g/mol. The van der Waals surface area contributed by atoms with Crippen molar-refractivity contribution in [2.24, 2.45) is 0 Å². The molecular formula is C8H6ClFN2S. The Balaban J connectivity index is 2.70. The summed E-state index contributed by atoms with van der Waals surface area (Å²) in [7, 11) is 0. The van der Waals surface area contributed by atoms with E-state index in [2.05, 4.69) is 9.97 Å². The van der Waals surface area contributed by atoms with Crippen molar-refractivity contribution in [3.05, 3.63) is 23.0 Å². The first-order valence-corrected chi connectivity index (χ1v) is 5.19. The number of imidazole rings is 1. The number of benzene rings is 1. The topological polar surface area (TPSA) is 28.7 Å². The molecule has 0 unspecified atom stereocenters. The van der Waals surface area contributed by atoms with E-state index in [0.717, 1.165) is 5.16 Å². The first-order valence-electron chi connectivity index (χ1n) is 3.59. The van der Waals surface area contributed by atoms with E-state index in [1.165, 1.54) is 23.9 Å². The summed E-state index contributed by atoms with van der Waals surface area (Å²) in [5, 5.41) is 0.864. The van der Waals surface area contributed by atoms with Gasteiger partial charge in [0.15, 0.2) is 5.16 Å². The number of rotatable bonds is 1. The Bertz CT molecular complexity index is 416. The fourth-order valence-corrected chi connectivity index (χ4v) is 1.64. The molecule has 0 amide bonds. The maximum Gasteiger partial charge on any atom is 0.166 e. The summed E-state index contributed by atoms with van der Waals surface area (Å²) in [4.78, 5) is 7.16. The number of fused-ring (bicyclic) bond motifs is 1. The van der Waals surface area contributed by atoms with Crippen LogP contribution in [0.4, 0.5) is 4.39 Å². The van der Waals surface area contributed by atoms with Gasteiger partial charge in [-0.05, 0) is 12.3 Å². The van der Waals surface area contributed by atoms with Crippen molar-refractivity contribution in [2.75, 3.05) is 6.26 Å². The molecule has 68 valence electrons. The average Bonchev–Trinajstić information content (AvgIpc) is 2.48. The van der Waals surface area contributed by atoms with Crippen LogP contribution >= 0.6 is 23.4 Å². The molecule has 0 saturated carbocycles. The number of thioether (sulfide) groups is 1. The second-order valence-electron chi connectivity index (χ2n) is 2.53. The molecule has 2 rings (SSSR count). The molecule has 1 aromatic carbocycles. The predicted octanol–water partition coefficient (Wildman–Crippen LogP) is 3.08. The smallest absolute Gasteiger partial charge is 0.166 e. The molecule has 0 aliphatic heterocycles. The van der Waals surface area contributed by atoms with Crippen LogP contribution in [0.5, 0.6) is 0 Å². The van der Waals surface area contributed by atoms with E-state index in [1.54, 1.807) is 0 Å². The van der Waals surface area contributed by atoms with Gasteiger partial charge in [-0.25, -0.2) is 9.37 Å². The lowest BCUT2D eigenvalue weighted by Gasteiger charge is -1.91. The summed E-state index contributed by atoms with van der Waals surface area (Å²) >= 11 is 7.08. The van der Waals surface area contributed by atoms with Gasteiger partial charge in [0.1, 0.15) is 5.82 Å². The van der Waals surface area contributed by atoms with E-state index in [-0.39, 0.29) is 5.02 Å². The molecule has 0 radical (unpaired) electrons. The molecule has 0 aliphatic rings. The standard InChI is InChI=1S/C8H6ClFN2S/c1-13-8-11-6-2-4(9)5(10)3-7(6)12-8/h2-3H,1H3,(H,11,12). The SMILES string of the molecule is CSc1nc2cc(Cl)c(F)cc2[nH]1. The van der Waals surface area contributed by atoms with E-state index in [0.29, 0.717) is 11.0 Å². The molecule has 1 heterocycles. The highest BCUT2D eigenvalue weighted by Crippen LogP contribution is 2.23. The van der Waals surface area contributed by atoms with Gasteiger partial charge in [0.25, 0.3) is 0 Å². The van der Waals surface area contributed by atoms with Crippen molar-refractivity contribution < 1.29 is 4.39 Å². The first-order chi connectivity index (χ1) is 6.20. The maximum atomic E-state index is 13.0. The second kappa shape index (κ2) is 3.20. The lowest BCUT2D eigenvalue weighted by Crippen LogP contribution is -1.76. The number of H-pyrrole nitrogens is 1. The normalized spacial score (nSPS) is 11.0. The van der Waals surface area contributed by atoms with Gasteiger partial charge >= 0.3 is 0 Å². The van der Waals surface area contributed by atoms with Gasteiger partial charge in [-0.15, -0.1) is 0 Å². The van der Waals surface area contributed by atoms with Crippen LogP contribution in [0, 0.1) is 5.82 Å². The minimum absolute atomic E-state index is 0.103. The van der Waals surface area contributed by atoms with Crippen LogP contribution in [-0.2, 0) is 0 Å². The Morgan fingerprint density at radius 2 is 2.31 bits per heavy atom. The lowest BCUT2D eigenvalue weighted by atomic mass is 10.3. The second-order valence-corrected chi connectivity index (χ2v) is 3.73. The van der Waals surface area contributed by atoms with Crippen LogP contribution in [0.25, 0.3) is 11.0 Å². The van der Waals surface area contributed by atoms with Crippen LogP contribution in [0.15, 0.2) is 17.3 Å². The highest BCUT2D eigenvalue weighted by Gasteiger charge is 2.06. The van der Waals surface area contributed by atoms with Gasteiger partial charge < -0.3 is 4.98 Å². The molecule has 0 aliphatic carbocycles. The summed E-state index contributed by atoms with van der Waals surface area (Å²) < 4.78 is 13.0. The molecule has 0 spiro atoms. The molecule has 0 atom stereocenters. The van der Waals surface area contributed by atoms with E-state index >= 15 is 0 Å². The quantitative estimate of drug-likeness (QED) is 0.743. The summed E-state index contributed by atoms with van der Waals surface area (Å²) in [6.07, 6.45) is 1.90. The minimum Gasteiger partial charge on any atom is -0.333 e. The number of hydrogen-bond acceptors (Lipinski definition) is 2. The van der Waals surface area contributed by atoms with E-state index < -0.39 is 5.82 Å². The minimum atomic E-state index is -0.425. The number of halogens is 2. The van der Waals surface area contributed by atoms with Crippen molar-refractivity contribution in [3.8, 4) is 0 Å². The largest absolute Gasteiger partial charge is 0.333 e. The Labute approximate surface area is 83.5 Å². The molecule has 1 N–H and O–H groups in total. The van der Waals surface area contributed by atoms with Crippen molar-refractivity contribution >= 4 is 34.4 Å². The summed E-state index contributed by atoms with van der Waals surface area (Å²) in [6, 6.07) is 2.87. The maximum absolute atomic E-state index is 13.0. The number of aromatic nitrogens is 2. The van der Waals surface area contributed by atoms with Crippen molar-refractivity contribution in [2.45, 2.75) is 5.16 Å². The van der Waals surface area contributed by atoms with Gasteiger partial charge in [-0.2, -0.15) is 0 Å². The number of nitrogens with one attached hydrogen (secondary N) is 1. The van der Waals surface area contributed by atoms with Crippen molar-refractivity contribution in [1.29, 1.82) is 0 Å². The van der Waals surface area contributed by atoms with Crippen LogP contribution in [-0.4, -0.2) is 16.2 Å². The number of nitrogens with zero attached hydrogens (tertiary/aromatic N) is 1. The molecule has 5 heteroatoms. The zero-order valence-corrected chi connectivity index (χ0v) is 8.34. The molecular weight excluding hydrogens is 211 g/mol. The van der Waals surface area contributed by atoms with Crippen LogP contribution in [0.1, 0.15) is 0 Å². The van der Waals surface area contributed by atoms with E-state index in [9.17, 15) is 4.39 Å². The highest BCUT2D eigenvalue weighted by atomic mass is 35.5. The van der Waals surface area contributed by atoms with Crippen LogP contribution < -0.4 is 0 Å². The Morgan fingerprint density at radius 3 is 3.00 bits per heavy atom. The van der Waals surface area contributed by atoms with Gasteiger partial charge in [0, 0.05) is 6.07 Å². The third-order valence-electron chi connectivity index (χ3n) is 1.70. The third kappa shape index (κ3) is 1.51. The zero-order chi connectivity index (χ0) is 9.42. The summed E-state index contributed by atoms with van der Waals surface area (Å²) in [5.74, 6) is -0.425. The first kappa shape index (κ1) is 8.84. The van der Waals surface area contributed by atoms with Crippen molar-refractivity contribution in [3.63, 3.8) is 0 Å². The fraction of sp³-hybridized carbons (Fsp3) is 0.125. The number of aromatic amines is 1. The number of hydrogen-bond donors (Lipinski definition) is 1. The summed E-state index contributed by atoms with van der Waals surface area (Å²) in [5.41, 5.74) is 1.36. The molecule has 0 fully saturated rings. The predicted molar refractivity (Wildman–Crippen MR) is 52.8 cm³/mol. The van der Waals surface area contributed by atoms with E-state index in [1.807, 2.05) is 6.26 Å². The van der Waals surface area contributed by atoms with Crippen LogP contribution in [0.2, 0.25) is 5.02 Å². The van der Waals surface area contributed by atoms with E-state index in [4.69, 9.17) is 11.6 Å². The molecule has 2 aromatic rings. The highest BCUT2D eigenvalue weighted by molar-refractivity contribution is 7.98. The Morgan fingerprint density at radius 1 is 1.54 bits per heavy atom. The third-order valence-corrected chi connectivity index (χ3v) is 2.57.